The van der Waals surface area contributed by atoms with Gasteiger partial charge in [-0.2, -0.15) is 0 Å². The van der Waals surface area contributed by atoms with Crippen molar-refractivity contribution >= 4 is 27.5 Å². The van der Waals surface area contributed by atoms with E-state index in [0.29, 0.717) is 22.6 Å². The van der Waals surface area contributed by atoms with E-state index < -0.39 is 5.97 Å². The highest BCUT2D eigenvalue weighted by molar-refractivity contribution is 6.18. The lowest BCUT2D eigenvalue weighted by molar-refractivity contribution is 0.0699. The van der Waals surface area contributed by atoms with Gasteiger partial charge in [0.05, 0.1) is 26.9 Å². The van der Waals surface area contributed by atoms with Crippen molar-refractivity contribution in [3.63, 3.8) is 0 Å². The van der Waals surface area contributed by atoms with Gasteiger partial charge in [0.25, 0.3) is 0 Å². The van der Waals surface area contributed by atoms with Crippen LogP contribution < -0.4 is 14.2 Å². The van der Waals surface area contributed by atoms with Gasteiger partial charge < -0.3 is 19.3 Å². The Labute approximate surface area is 133 Å². The van der Waals surface area contributed by atoms with E-state index in [9.17, 15) is 9.90 Å². The van der Waals surface area contributed by atoms with Crippen LogP contribution in [0.1, 0.15) is 10.4 Å². The van der Waals surface area contributed by atoms with E-state index in [0.717, 1.165) is 16.2 Å². The summed E-state index contributed by atoms with van der Waals surface area (Å²) in [6, 6.07) is 10.6. The Morgan fingerprint density at radius 2 is 1.57 bits per heavy atom. The number of methoxy groups -OCH3 is 3. The fraction of sp³-hybridized carbons (Fsp3) is 0.167. The van der Waals surface area contributed by atoms with Gasteiger partial charge in [-0.3, -0.25) is 0 Å². The van der Waals surface area contributed by atoms with Gasteiger partial charge in [-0.1, -0.05) is 6.07 Å². The second-order valence-electron chi connectivity index (χ2n) is 5.07. The summed E-state index contributed by atoms with van der Waals surface area (Å²) in [7, 11) is 4.67. The van der Waals surface area contributed by atoms with Crippen LogP contribution in [0.4, 0.5) is 0 Å². The maximum absolute atomic E-state index is 11.7. The van der Waals surface area contributed by atoms with Crippen LogP contribution in [0.2, 0.25) is 0 Å². The first-order valence-corrected chi connectivity index (χ1v) is 6.98. The molecule has 3 aromatic carbocycles. The zero-order valence-electron chi connectivity index (χ0n) is 13.0. The van der Waals surface area contributed by atoms with Crippen molar-refractivity contribution in [2.45, 2.75) is 0 Å². The van der Waals surface area contributed by atoms with Crippen LogP contribution in [-0.2, 0) is 0 Å². The Morgan fingerprint density at radius 3 is 2.17 bits per heavy atom. The second kappa shape index (κ2) is 5.68. The molecule has 0 radical (unpaired) electrons. The molecule has 0 heterocycles. The normalized spacial score (nSPS) is 10.7. The molecular formula is C18H16O5. The molecule has 5 nitrogen and oxygen atoms in total. The molecule has 0 aliphatic rings. The number of carbonyl (C=O) groups is 1. The van der Waals surface area contributed by atoms with Crippen LogP contribution in [0.3, 0.4) is 0 Å². The molecule has 0 aromatic heterocycles. The highest BCUT2D eigenvalue weighted by atomic mass is 16.5. The maximum Gasteiger partial charge on any atom is 0.336 e. The molecule has 3 rings (SSSR count). The molecule has 0 fully saturated rings. The lowest BCUT2D eigenvalue weighted by atomic mass is 9.96. The highest BCUT2D eigenvalue weighted by Gasteiger charge is 2.17. The average Bonchev–Trinajstić information content (AvgIpc) is 2.58. The van der Waals surface area contributed by atoms with E-state index in [1.54, 1.807) is 38.5 Å². The Hall–Kier alpha value is -2.95. The fourth-order valence-corrected chi connectivity index (χ4v) is 2.77. The monoisotopic (exact) mass is 312 g/mol. The van der Waals surface area contributed by atoms with Crippen molar-refractivity contribution in [3.05, 3.63) is 42.0 Å². The summed E-state index contributed by atoms with van der Waals surface area (Å²) in [6.45, 7) is 0. The highest BCUT2D eigenvalue weighted by Crippen LogP contribution is 2.39. The van der Waals surface area contributed by atoms with Crippen molar-refractivity contribution < 1.29 is 24.1 Å². The molecule has 23 heavy (non-hydrogen) atoms. The summed E-state index contributed by atoms with van der Waals surface area (Å²) >= 11 is 0. The van der Waals surface area contributed by atoms with Crippen LogP contribution in [0, 0.1) is 0 Å². The lowest BCUT2D eigenvalue weighted by Gasteiger charge is -2.14. The first-order chi connectivity index (χ1) is 11.1. The Balaban J connectivity index is 2.55. The van der Waals surface area contributed by atoms with E-state index in [1.165, 1.54) is 7.11 Å². The number of carboxylic acid groups (broad SMARTS) is 1. The predicted octanol–water partition coefficient (Wildman–Crippen LogP) is 3.72. The summed E-state index contributed by atoms with van der Waals surface area (Å²) in [6.07, 6.45) is 0. The fourth-order valence-electron chi connectivity index (χ4n) is 2.77. The molecule has 0 spiro atoms. The maximum atomic E-state index is 11.7. The van der Waals surface area contributed by atoms with Crippen LogP contribution >= 0.6 is 0 Å². The van der Waals surface area contributed by atoms with Gasteiger partial charge in [-0.05, 0) is 35.0 Å². The standard InChI is InChI=1S/C18H16O5/c1-21-11-5-4-10-6-15(18(19)20)14-8-12(22-2)9-16(23-3)17(14)13(10)7-11/h4-9H,1-3H3,(H,19,20). The third-order valence-electron chi connectivity index (χ3n) is 3.88. The van der Waals surface area contributed by atoms with Gasteiger partial charge in [0.1, 0.15) is 17.2 Å². The van der Waals surface area contributed by atoms with E-state index in [2.05, 4.69) is 0 Å². The number of aromatic carboxylic acids is 1. The molecular weight excluding hydrogens is 296 g/mol. The number of carboxylic acids is 1. The van der Waals surface area contributed by atoms with E-state index in [4.69, 9.17) is 14.2 Å². The number of rotatable bonds is 4. The first-order valence-electron chi connectivity index (χ1n) is 6.98. The van der Waals surface area contributed by atoms with Crippen LogP contribution in [0.15, 0.2) is 36.4 Å². The van der Waals surface area contributed by atoms with Gasteiger partial charge in [0, 0.05) is 16.8 Å². The zero-order valence-corrected chi connectivity index (χ0v) is 13.0. The van der Waals surface area contributed by atoms with Crippen molar-refractivity contribution in [2.75, 3.05) is 21.3 Å². The summed E-state index contributed by atoms with van der Waals surface area (Å²) < 4.78 is 16.0. The van der Waals surface area contributed by atoms with Crippen LogP contribution in [-0.4, -0.2) is 32.4 Å². The van der Waals surface area contributed by atoms with Crippen molar-refractivity contribution in [2.24, 2.45) is 0 Å². The number of ether oxygens (including phenoxy) is 3. The molecule has 0 saturated heterocycles. The lowest BCUT2D eigenvalue weighted by Crippen LogP contribution is -2.00. The van der Waals surface area contributed by atoms with E-state index >= 15 is 0 Å². The van der Waals surface area contributed by atoms with Crippen molar-refractivity contribution in [1.82, 2.24) is 0 Å². The van der Waals surface area contributed by atoms with Gasteiger partial charge in [-0.25, -0.2) is 4.79 Å². The second-order valence-corrected chi connectivity index (χ2v) is 5.07. The molecule has 0 aliphatic heterocycles. The largest absolute Gasteiger partial charge is 0.497 e. The SMILES string of the molecule is COc1cc(OC)c2c(c1)c(C(=O)O)cc1ccc(OC)cc12. The summed E-state index contributed by atoms with van der Waals surface area (Å²) in [5.74, 6) is 0.794. The number of hydrogen-bond acceptors (Lipinski definition) is 4. The molecule has 1 N–H and O–H groups in total. The minimum atomic E-state index is -0.997. The number of fused-ring (bicyclic) bond motifs is 3. The quantitative estimate of drug-likeness (QED) is 0.744. The first kappa shape index (κ1) is 15.0. The smallest absolute Gasteiger partial charge is 0.336 e. The minimum Gasteiger partial charge on any atom is -0.497 e. The predicted molar refractivity (Wildman–Crippen MR) is 88.1 cm³/mol. The van der Waals surface area contributed by atoms with E-state index in [1.807, 2.05) is 12.1 Å². The molecule has 0 amide bonds. The van der Waals surface area contributed by atoms with Crippen molar-refractivity contribution in [1.29, 1.82) is 0 Å². The molecule has 0 unspecified atom stereocenters. The third kappa shape index (κ3) is 2.40. The van der Waals surface area contributed by atoms with Gasteiger partial charge in [-0.15, -0.1) is 0 Å². The number of hydrogen-bond donors (Lipinski definition) is 1. The topological polar surface area (TPSA) is 65.0 Å². The minimum absolute atomic E-state index is 0.204. The summed E-state index contributed by atoms with van der Waals surface area (Å²) in [5, 5.41) is 12.5. The molecule has 118 valence electrons. The van der Waals surface area contributed by atoms with Crippen LogP contribution in [0.5, 0.6) is 17.2 Å². The van der Waals surface area contributed by atoms with Gasteiger partial charge in [0.15, 0.2) is 0 Å². The molecule has 0 aliphatic carbocycles. The average molecular weight is 312 g/mol. The summed E-state index contributed by atoms with van der Waals surface area (Å²) in [4.78, 5) is 11.7. The van der Waals surface area contributed by atoms with Gasteiger partial charge >= 0.3 is 5.97 Å². The van der Waals surface area contributed by atoms with Crippen molar-refractivity contribution in [3.8, 4) is 17.2 Å². The molecule has 0 saturated carbocycles. The molecule has 0 bridgehead atoms. The van der Waals surface area contributed by atoms with E-state index in [-0.39, 0.29) is 5.56 Å². The third-order valence-corrected chi connectivity index (χ3v) is 3.88. The Bertz CT molecular complexity index is 914. The molecule has 0 atom stereocenters. The zero-order chi connectivity index (χ0) is 16.6. The number of benzene rings is 3. The summed E-state index contributed by atoms with van der Waals surface area (Å²) in [5.41, 5.74) is 0.204. The van der Waals surface area contributed by atoms with Crippen LogP contribution in [0.25, 0.3) is 21.5 Å². The Morgan fingerprint density at radius 1 is 0.870 bits per heavy atom. The molecule has 3 aromatic rings. The van der Waals surface area contributed by atoms with Gasteiger partial charge in [0.2, 0.25) is 0 Å². The molecule has 5 heteroatoms. The Kier molecular flexibility index (Phi) is 3.70.